The van der Waals surface area contributed by atoms with Crippen LogP contribution in [0.4, 0.5) is 5.95 Å². The minimum atomic E-state index is 0.358. The zero-order chi connectivity index (χ0) is 9.97. The highest BCUT2D eigenvalue weighted by molar-refractivity contribution is 5.78. The molecule has 1 N–H and O–H groups in total. The van der Waals surface area contributed by atoms with Gasteiger partial charge in [-0.05, 0) is 19.9 Å². The van der Waals surface area contributed by atoms with Crippen LogP contribution in [0.25, 0.3) is 10.9 Å². The van der Waals surface area contributed by atoms with E-state index >= 15 is 0 Å². The SMILES string of the molecule is CC(C)Nc1ncc2ccccc2n1. The number of aromatic nitrogens is 2. The Labute approximate surface area is 83.2 Å². The lowest BCUT2D eigenvalue weighted by Crippen LogP contribution is -2.12. The van der Waals surface area contributed by atoms with Gasteiger partial charge in [-0.2, -0.15) is 0 Å². The zero-order valence-corrected chi connectivity index (χ0v) is 8.36. The molecule has 0 saturated heterocycles. The van der Waals surface area contributed by atoms with Crippen LogP contribution in [0.3, 0.4) is 0 Å². The first-order valence-corrected chi connectivity index (χ1v) is 4.74. The van der Waals surface area contributed by atoms with Gasteiger partial charge in [-0.3, -0.25) is 0 Å². The lowest BCUT2D eigenvalue weighted by atomic mass is 10.2. The van der Waals surface area contributed by atoms with Crippen LogP contribution in [0.1, 0.15) is 13.8 Å². The fourth-order valence-electron chi connectivity index (χ4n) is 1.30. The van der Waals surface area contributed by atoms with Crippen molar-refractivity contribution in [3.8, 4) is 0 Å². The third-order valence-corrected chi connectivity index (χ3v) is 1.91. The molecule has 3 heteroatoms. The number of anilines is 1. The molecule has 0 atom stereocenters. The van der Waals surface area contributed by atoms with E-state index in [4.69, 9.17) is 0 Å². The summed E-state index contributed by atoms with van der Waals surface area (Å²) < 4.78 is 0. The first kappa shape index (κ1) is 8.94. The number of para-hydroxylation sites is 1. The summed E-state index contributed by atoms with van der Waals surface area (Å²) >= 11 is 0. The maximum Gasteiger partial charge on any atom is 0.223 e. The summed E-state index contributed by atoms with van der Waals surface area (Å²) in [5, 5.41) is 4.25. The minimum absolute atomic E-state index is 0.358. The van der Waals surface area contributed by atoms with Gasteiger partial charge in [0, 0.05) is 17.6 Å². The molecule has 1 heterocycles. The quantitative estimate of drug-likeness (QED) is 0.784. The first-order valence-electron chi connectivity index (χ1n) is 4.74. The van der Waals surface area contributed by atoms with Crippen molar-refractivity contribution < 1.29 is 0 Å². The summed E-state index contributed by atoms with van der Waals surface area (Å²) in [6, 6.07) is 8.32. The standard InChI is InChI=1S/C11H13N3/c1-8(2)13-11-12-7-9-5-3-4-6-10(9)14-11/h3-8H,1-2H3,(H,12,13,14). The van der Waals surface area contributed by atoms with Gasteiger partial charge in [0.15, 0.2) is 0 Å². The van der Waals surface area contributed by atoms with Crippen molar-refractivity contribution in [1.82, 2.24) is 9.97 Å². The average molecular weight is 187 g/mol. The van der Waals surface area contributed by atoms with Gasteiger partial charge in [-0.25, -0.2) is 9.97 Å². The van der Waals surface area contributed by atoms with Crippen LogP contribution < -0.4 is 5.32 Å². The normalized spacial score (nSPS) is 10.8. The van der Waals surface area contributed by atoms with Gasteiger partial charge in [0.05, 0.1) is 5.52 Å². The van der Waals surface area contributed by atoms with Crippen LogP contribution in [0.2, 0.25) is 0 Å². The summed E-state index contributed by atoms with van der Waals surface area (Å²) in [5.41, 5.74) is 0.977. The molecule has 14 heavy (non-hydrogen) atoms. The van der Waals surface area contributed by atoms with Crippen molar-refractivity contribution in [1.29, 1.82) is 0 Å². The largest absolute Gasteiger partial charge is 0.352 e. The third-order valence-electron chi connectivity index (χ3n) is 1.91. The molecule has 0 amide bonds. The van der Waals surface area contributed by atoms with Crippen LogP contribution in [0.15, 0.2) is 30.5 Å². The van der Waals surface area contributed by atoms with Crippen LogP contribution in [0.5, 0.6) is 0 Å². The maximum absolute atomic E-state index is 4.39. The Balaban J connectivity index is 2.41. The highest BCUT2D eigenvalue weighted by atomic mass is 15.1. The van der Waals surface area contributed by atoms with Gasteiger partial charge in [-0.15, -0.1) is 0 Å². The monoisotopic (exact) mass is 187 g/mol. The Kier molecular flexibility index (Phi) is 2.31. The second-order valence-electron chi connectivity index (χ2n) is 3.55. The Morgan fingerprint density at radius 2 is 2.00 bits per heavy atom. The predicted molar refractivity (Wildman–Crippen MR) is 58.3 cm³/mol. The molecule has 72 valence electrons. The van der Waals surface area contributed by atoms with Crippen molar-refractivity contribution in [2.24, 2.45) is 0 Å². The predicted octanol–water partition coefficient (Wildman–Crippen LogP) is 2.45. The van der Waals surface area contributed by atoms with Crippen molar-refractivity contribution in [2.45, 2.75) is 19.9 Å². The number of benzene rings is 1. The Morgan fingerprint density at radius 3 is 2.79 bits per heavy atom. The van der Waals surface area contributed by atoms with Crippen LogP contribution in [-0.2, 0) is 0 Å². The fraction of sp³-hybridized carbons (Fsp3) is 0.273. The molecule has 0 unspecified atom stereocenters. The summed E-state index contributed by atoms with van der Waals surface area (Å²) in [6.07, 6.45) is 1.84. The number of rotatable bonds is 2. The molecule has 0 saturated carbocycles. The molecule has 0 aliphatic rings. The molecule has 2 aromatic rings. The van der Waals surface area contributed by atoms with Gasteiger partial charge in [-0.1, -0.05) is 18.2 Å². The molecular weight excluding hydrogens is 174 g/mol. The lowest BCUT2D eigenvalue weighted by molar-refractivity contribution is 0.878. The number of hydrogen-bond donors (Lipinski definition) is 1. The smallest absolute Gasteiger partial charge is 0.223 e. The average Bonchev–Trinajstić information content (AvgIpc) is 2.17. The molecule has 0 aliphatic carbocycles. The van der Waals surface area contributed by atoms with Crippen molar-refractivity contribution in [3.05, 3.63) is 30.5 Å². The van der Waals surface area contributed by atoms with E-state index in [2.05, 4.69) is 29.1 Å². The molecule has 0 spiro atoms. The van der Waals surface area contributed by atoms with Crippen LogP contribution in [-0.4, -0.2) is 16.0 Å². The molecule has 0 radical (unpaired) electrons. The molecule has 0 bridgehead atoms. The maximum atomic E-state index is 4.39. The first-order chi connectivity index (χ1) is 6.75. The van der Waals surface area contributed by atoms with E-state index in [-0.39, 0.29) is 0 Å². The molecule has 0 aliphatic heterocycles. The van der Waals surface area contributed by atoms with Crippen LogP contribution in [0, 0.1) is 0 Å². The van der Waals surface area contributed by atoms with Gasteiger partial charge in [0.2, 0.25) is 5.95 Å². The number of hydrogen-bond acceptors (Lipinski definition) is 3. The number of nitrogens with one attached hydrogen (secondary N) is 1. The molecule has 1 aromatic heterocycles. The Morgan fingerprint density at radius 1 is 1.21 bits per heavy atom. The molecular formula is C11H13N3. The number of nitrogens with zero attached hydrogens (tertiary/aromatic N) is 2. The zero-order valence-electron chi connectivity index (χ0n) is 8.36. The van der Waals surface area contributed by atoms with E-state index in [1.54, 1.807) is 0 Å². The van der Waals surface area contributed by atoms with E-state index in [9.17, 15) is 0 Å². The van der Waals surface area contributed by atoms with E-state index in [0.29, 0.717) is 12.0 Å². The molecule has 1 aromatic carbocycles. The van der Waals surface area contributed by atoms with E-state index in [1.165, 1.54) is 0 Å². The summed E-state index contributed by atoms with van der Waals surface area (Å²) in [6.45, 7) is 4.14. The van der Waals surface area contributed by atoms with E-state index < -0.39 is 0 Å². The molecule has 2 rings (SSSR count). The number of fused-ring (bicyclic) bond motifs is 1. The van der Waals surface area contributed by atoms with Crippen molar-refractivity contribution in [2.75, 3.05) is 5.32 Å². The summed E-state index contributed by atoms with van der Waals surface area (Å²) in [7, 11) is 0. The fourth-order valence-corrected chi connectivity index (χ4v) is 1.30. The lowest BCUT2D eigenvalue weighted by Gasteiger charge is -2.07. The van der Waals surface area contributed by atoms with E-state index in [1.807, 2.05) is 30.5 Å². The highest BCUT2D eigenvalue weighted by Gasteiger charge is 1.99. The second kappa shape index (κ2) is 3.62. The Bertz CT molecular complexity index is 437. The minimum Gasteiger partial charge on any atom is -0.352 e. The van der Waals surface area contributed by atoms with Gasteiger partial charge >= 0.3 is 0 Å². The van der Waals surface area contributed by atoms with Gasteiger partial charge < -0.3 is 5.32 Å². The Hall–Kier alpha value is -1.64. The second-order valence-corrected chi connectivity index (χ2v) is 3.55. The highest BCUT2D eigenvalue weighted by Crippen LogP contribution is 2.11. The topological polar surface area (TPSA) is 37.8 Å². The van der Waals surface area contributed by atoms with Crippen LogP contribution >= 0.6 is 0 Å². The summed E-state index contributed by atoms with van der Waals surface area (Å²) in [4.78, 5) is 8.62. The van der Waals surface area contributed by atoms with Gasteiger partial charge in [0.25, 0.3) is 0 Å². The van der Waals surface area contributed by atoms with Crippen molar-refractivity contribution in [3.63, 3.8) is 0 Å². The molecule has 3 nitrogen and oxygen atoms in total. The summed E-state index contributed by atoms with van der Waals surface area (Å²) in [5.74, 6) is 0.693. The molecule has 0 fully saturated rings. The van der Waals surface area contributed by atoms with E-state index in [0.717, 1.165) is 10.9 Å². The van der Waals surface area contributed by atoms with Crippen molar-refractivity contribution >= 4 is 16.9 Å². The third kappa shape index (κ3) is 1.82. The van der Waals surface area contributed by atoms with Gasteiger partial charge in [0.1, 0.15) is 0 Å².